The van der Waals surface area contributed by atoms with Crippen molar-refractivity contribution >= 4 is 5.96 Å². The third kappa shape index (κ3) is 4.30. The summed E-state index contributed by atoms with van der Waals surface area (Å²) >= 11 is 0. The molecule has 1 saturated heterocycles. The van der Waals surface area contributed by atoms with Gasteiger partial charge in [0, 0.05) is 51.2 Å². The van der Waals surface area contributed by atoms with Crippen LogP contribution < -0.4 is 10.1 Å². The van der Waals surface area contributed by atoms with Gasteiger partial charge in [0.05, 0.1) is 7.11 Å². The minimum atomic E-state index is 0.508. The maximum Gasteiger partial charge on any atom is 0.193 e. The van der Waals surface area contributed by atoms with Gasteiger partial charge in [0.2, 0.25) is 0 Å². The Morgan fingerprint density at radius 1 is 1.20 bits per heavy atom. The summed E-state index contributed by atoms with van der Waals surface area (Å²) in [4.78, 5) is 15.6. The monoisotopic (exact) mass is 404 g/mol. The van der Waals surface area contributed by atoms with E-state index in [2.05, 4.69) is 43.4 Å². The van der Waals surface area contributed by atoms with Crippen molar-refractivity contribution in [2.24, 2.45) is 4.99 Å². The van der Waals surface area contributed by atoms with Crippen molar-refractivity contribution in [2.75, 3.05) is 27.2 Å². The number of likely N-dealkylation sites (tertiary alicyclic amines) is 1. The molecule has 30 heavy (non-hydrogen) atoms. The molecule has 1 aliphatic heterocycles. The highest BCUT2D eigenvalue weighted by Gasteiger charge is 2.26. The van der Waals surface area contributed by atoms with Crippen molar-refractivity contribution in [3.05, 3.63) is 71.9 Å². The first-order chi connectivity index (χ1) is 14.7. The number of aliphatic imine (C=N–C) groups is 1. The molecule has 0 radical (unpaired) electrons. The van der Waals surface area contributed by atoms with Crippen LogP contribution in [0.2, 0.25) is 0 Å². The van der Waals surface area contributed by atoms with Gasteiger partial charge in [-0.25, -0.2) is 9.97 Å². The van der Waals surface area contributed by atoms with Crippen LogP contribution in [0.4, 0.5) is 0 Å². The van der Waals surface area contributed by atoms with Crippen LogP contribution in [0.5, 0.6) is 5.75 Å². The molecule has 4 rings (SSSR count). The number of nitrogens with zero attached hydrogens (tertiary/aromatic N) is 5. The van der Waals surface area contributed by atoms with Gasteiger partial charge in [0.1, 0.15) is 17.4 Å². The van der Waals surface area contributed by atoms with Crippen LogP contribution in [0.1, 0.15) is 29.3 Å². The van der Waals surface area contributed by atoms with Gasteiger partial charge in [-0.2, -0.15) is 0 Å². The first kappa shape index (κ1) is 19.9. The van der Waals surface area contributed by atoms with Gasteiger partial charge in [-0.15, -0.1) is 0 Å². The summed E-state index contributed by atoms with van der Waals surface area (Å²) in [7, 11) is 3.54. The van der Waals surface area contributed by atoms with Gasteiger partial charge in [-0.1, -0.05) is 18.2 Å². The van der Waals surface area contributed by atoms with Crippen LogP contribution in [0.3, 0.4) is 0 Å². The van der Waals surface area contributed by atoms with Gasteiger partial charge in [-0.3, -0.25) is 9.56 Å². The molecule has 0 aliphatic carbocycles. The Balaban J connectivity index is 1.34. The number of ether oxygens (including phenoxy) is 1. The van der Waals surface area contributed by atoms with Crippen LogP contribution in [0.15, 0.2) is 60.0 Å². The summed E-state index contributed by atoms with van der Waals surface area (Å²) in [5.41, 5.74) is 2.46. The molecule has 3 aromatic rings. The Kier molecular flexibility index (Phi) is 5.97. The lowest BCUT2D eigenvalue weighted by Crippen LogP contribution is -2.39. The molecule has 7 heteroatoms. The second kappa shape index (κ2) is 8.98. The van der Waals surface area contributed by atoms with Crippen molar-refractivity contribution in [1.82, 2.24) is 24.8 Å². The smallest absolute Gasteiger partial charge is 0.193 e. The van der Waals surface area contributed by atoms with Gasteiger partial charge in [0.25, 0.3) is 0 Å². The number of rotatable bonds is 5. The van der Waals surface area contributed by atoms with Crippen molar-refractivity contribution in [2.45, 2.75) is 25.8 Å². The molecule has 1 aromatic carbocycles. The zero-order valence-corrected chi connectivity index (χ0v) is 17.7. The third-order valence-corrected chi connectivity index (χ3v) is 5.62. The summed E-state index contributed by atoms with van der Waals surface area (Å²) in [5.74, 6) is 4.14. The second-order valence-corrected chi connectivity index (χ2v) is 7.47. The molecule has 1 atom stereocenters. The molecule has 156 valence electrons. The Bertz CT molecular complexity index is 993. The summed E-state index contributed by atoms with van der Waals surface area (Å²) in [6, 6.07) is 12.5. The summed E-state index contributed by atoms with van der Waals surface area (Å²) in [6.45, 7) is 4.61. The molecule has 7 nitrogen and oxygen atoms in total. The maximum atomic E-state index is 5.27. The number of pyridine rings is 1. The average Bonchev–Trinajstić information content (AvgIpc) is 3.44. The van der Waals surface area contributed by atoms with Crippen molar-refractivity contribution in [3.63, 3.8) is 0 Å². The molecule has 0 bridgehead atoms. The predicted molar refractivity (Wildman–Crippen MR) is 118 cm³/mol. The number of imidazole rings is 1. The standard InChI is InChI=1S/C23H28N6O/c1-17-25-11-13-29(17)22-9-4-18(14-26-22)15-27-23(24-2)28-12-10-20(16-28)19-5-7-21(30-3)8-6-19/h4-9,11,13-14,20H,10,12,15-16H2,1-3H3,(H,24,27). The van der Waals surface area contributed by atoms with E-state index in [9.17, 15) is 0 Å². The molecule has 1 fully saturated rings. The van der Waals surface area contributed by atoms with E-state index in [4.69, 9.17) is 4.74 Å². The third-order valence-electron chi connectivity index (χ3n) is 5.62. The van der Waals surface area contributed by atoms with Crippen molar-refractivity contribution in [1.29, 1.82) is 0 Å². The summed E-state index contributed by atoms with van der Waals surface area (Å²) < 4.78 is 7.24. The number of hydrogen-bond acceptors (Lipinski definition) is 4. The molecular weight excluding hydrogens is 376 g/mol. The largest absolute Gasteiger partial charge is 0.497 e. The normalized spacial score (nSPS) is 16.7. The minimum absolute atomic E-state index is 0.508. The zero-order chi connectivity index (χ0) is 20.9. The average molecular weight is 405 g/mol. The van der Waals surface area contributed by atoms with E-state index in [0.29, 0.717) is 12.5 Å². The van der Waals surface area contributed by atoms with E-state index < -0.39 is 0 Å². The molecule has 3 heterocycles. The van der Waals surface area contributed by atoms with E-state index >= 15 is 0 Å². The van der Waals surface area contributed by atoms with Gasteiger partial charge in [-0.05, 0) is 42.7 Å². The van der Waals surface area contributed by atoms with Crippen LogP contribution in [0.25, 0.3) is 5.82 Å². The van der Waals surface area contributed by atoms with E-state index in [1.54, 1.807) is 13.3 Å². The van der Waals surface area contributed by atoms with E-state index in [-0.39, 0.29) is 0 Å². The number of hydrogen-bond donors (Lipinski definition) is 1. The van der Waals surface area contributed by atoms with E-state index in [0.717, 1.165) is 48.4 Å². The number of aromatic nitrogens is 3. The van der Waals surface area contributed by atoms with Crippen LogP contribution in [0, 0.1) is 6.92 Å². The molecular formula is C23H28N6O. The van der Waals surface area contributed by atoms with E-state index in [1.165, 1.54) is 5.56 Å². The quantitative estimate of drug-likeness (QED) is 0.523. The molecule has 0 spiro atoms. The number of aryl methyl sites for hydroxylation is 1. The number of methoxy groups -OCH3 is 1. The topological polar surface area (TPSA) is 67.6 Å². The highest BCUT2D eigenvalue weighted by atomic mass is 16.5. The first-order valence-electron chi connectivity index (χ1n) is 10.2. The lowest BCUT2D eigenvalue weighted by Gasteiger charge is -2.22. The fraction of sp³-hybridized carbons (Fsp3) is 0.348. The lowest BCUT2D eigenvalue weighted by atomic mass is 9.98. The predicted octanol–water partition coefficient (Wildman–Crippen LogP) is 3.15. The Morgan fingerprint density at radius 2 is 2.03 bits per heavy atom. The van der Waals surface area contributed by atoms with Gasteiger partial charge < -0.3 is 15.0 Å². The fourth-order valence-electron chi connectivity index (χ4n) is 3.90. The minimum Gasteiger partial charge on any atom is -0.497 e. The van der Waals surface area contributed by atoms with Crippen LogP contribution in [-0.4, -0.2) is 52.6 Å². The SMILES string of the molecule is CN=C(NCc1ccc(-n2ccnc2C)nc1)N1CCC(c2ccc(OC)cc2)C1. The Hall–Kier alpha value is -3.35. The zero-order valence-electron chi connectivity index (χ0n) is 17.7. The highest BCUT2D eigenvalue weighted by Crippen LogP contribution is 2.28. The molecule has 1 unspecified atom stereocenters. The molecule has 0 saturated carbocycles. The summed E-state index contributed by atoms with van der Waals surface area (Å²) in [5, 5.41) is 3.48. The maximum absolute atomic E-state index is 5.27. The molecule has 1 aliphatic rings. The molecule has 2 aromatic heterocycles. The molecule has 1 N–H and O–H groups in total. The first-order valence-corrected chi connectivity index (χ1v) is 10.2. The Labute approximate surface area is 177 Å². The van der Waals surface area contributed by atoms with Crippen LogP contribution >= 0.6 is 0 Å². The molecule has 0 amide bonds. The lowest BCUT2D eigenvalue weighted by molar-refractivity contribution is 0.414. The highest BCUT2D eigenvalue weighted by molar-refractivity contribution is 5.80. The Morgan fingerprint density at radius 3 is 2.67 bits per heavy atom. The number of benzene rings is 1. The van der Waals surface area contributed by atoms with Crippen LogP contribution in [-0.2, 0) is 6.54 Å². The van der Waals surface area contributed by atoms with Crippen molar-refractivity contribution in [3.8, 4) is 11.6 Å². The number of guanidine groups is 1. The summed E-state index contributed by atoms with van der Waals surface area (Å²) in [6.07, 6.45) is 6.72. The van der Waals surface area contributed by atoms with Crippen molar-refractivity contribution < 1.29 is 4.74 Å². The van der Waals surface area contributed by atoms with E-state index in [1.807, 2.05) is 49.1 Å². The second-order valence-electron chi connectivity index (χ2n) is 7.47. The van der Waals surface area contributed by atoms with Gasteiger partial charge in [0.15, 0.2) is 5.96 Å². The number of nitrogens with one attached hydrogen (secondary N) is 1. The fourth-order valence-corrected chi connectivity index (χ4v) is 3.90. The van der Waals surface area contributed by atoms with Gasteiger partial charge >= 0.3 is 0 Å².